The van der Waals surface area contributed by atoms with E-state index in [1.165, 1.54) is 24.3 Å². The van der Waals surface area contributed by atoms with Crippen LogP contribution in [0.15, 0.2) is 50.2 Å². The van der Waals surface area contributed by atoms with Crippen molar-refractivity contribution in [2.24, 2.45) is 5.14 Å². The van der Waals surface area contributed by atoms with Crippen LogP contribution < -0.4 is 15.8 Å². The topological polar surface area (TPSA) is 118 Å². The van der Waals surface area contributed by atoms with Crippen LogP contribution in [0.25, 0.3) is 0 Å². The molecule has 0 aliphatic heterocycles. The van der Waals surface area contributed by atoms with Crippen molar-refractivity contribution in [2.45, 2.75) is 24.7 Å². The van der Waals surface area contributed by atoms with Crippen LogP contribution >= 0.6 is 31.9 Å². The number of carbonyl (C=O) groups is 2. The molecular formula is C17H17Br2N3O4S. The summed E-state index contributed by atoms with van der Waals surface area (Å²) in [7, 11) is -3.81. The van der Waals surface area contributed by atoms with Gasteiger partial charge in [0.2, 0.25) is 15.9 Å². The zero-order valence-corrected chi connectivity index (χ0v) is 18.2. The number of primary sulfonamides is 1. The van der Waals surface area contributed by atoms with Gasteiger partial charge >= 0.3 is 0 Å². The van der Waals surface area contributed by atoms with E-state index in [-0.39, 0.29) is 16.4 Å². The van der Waals surface area contributed by atoms with Crippen LogP contribution in [0.1, 0.15) is 30.1 Å². The summed E-state index contributed by atoms with van der Waals surface area (Å²) in [4.78, 5) is 24.6. The lowest BCUT2D eigenvalue weighted by atomic mass is 10.1. The van der Waals surface area contributed by atoms with Gasteiger partial charge in [-0.15, -0.1) is 0 Å². The van der Waals surface area contributed by atoms with E-state index < -0.39 is 15.9 Å². The summed E-state index contributed by atoms with van der Waals surface area (Å²) in [5.74, 6) is -0.667. The number of nitrogens with two attached hydrogens (primary N) is 1. The Kier molecular flexibility index (Phi) is 7.15. The number of rotatable bonds is 6. The van der Waals surface area contributed by atoms with Gasteiger partial charge in [0.1, 0.15) is 0 Å². The molecule has 0 aliphatic carbocycles. The summed E-state index contributed by atoms with van der Waals surface area (Å²) < 4.78 is 23.8. The molecule has 0 atom stereocenters. The van der Waals surface area contributed by atoms with Crippen molar-refractivity contribution >= 4 is 65.1 Å². The monoisotopic (exact) mass is 517 g/mol. The molecule has 0 aromatic heterocycles. The molecule has 7 nitrogen and oxygen atoms in total. The third-order valence-corrected chi connectivity index (χ3v) is 5.49. The molecule has 144 valence electrons. The zero-order chi connectivity index (χ0) is 20.2. The predicted molar refractivity (Wildman–Crippen MR) is 111 cm³/mol. The predicted octanol–water partition coefficient (Wildman–Crippen LogP) is 3.85. The largest absolute Gasteiger partial charge is 0.324 e. The fourth-order valence-electron chi connectivity index (χ4n) is 2.24. The third kappa shape index (κ3) is 5.86. The molecule has 27 heavy (non-hydrogen) atoms. The summed E-state index contributed by atoms with van der Waals surface area (Å²) >= 11 is 6.68. The van der Waals surface area contributed by atoms with Crippen molar-refractivity contribution < 1.29 is 18.0 Å². The molecule has 0 saturated carbocycles. The SMILES string of the molecule is CCCC(=O)Nc1c(Br)cc(Br)cc1C(=O)Nc1ccc(S(N)(=O)=O)cc1. The van der Waals surface area contributed by atoms with Crippen molar-refractivity contribution in [3.05, 3.63) is 50.9 Å². The van der Waals surface area contributed by atoms with Gasteiger partial charge in [-0.25, -0.2) is 13.6 Å². The summed E-state index contributed by atoms with van der Waals surface area (Å²) in [5, 5.41) is 10.5. The minimum atomic E-state index is -3.81. The Morgan fingerprint density at radius 1 is 1.07 bits per heavy atom. The molecule has 0 bridgehead atoms. The first-order valence-corrected chi connectivity index (χ1v) is 11.0. The molecule has 0 fully saturated rings. The Bertz CT molecular complexity index is 976. The standard InChI is InChI=1S/C17H17Br2N3O4S/c1-2-3-15(23)22-16-13(8-10(18)9-14(16)19)17(24)21-11-4-6-12(7-5-11)27(20,25)26/h4-9H,2-3H2,1H3,(H,21,24)(H,22,23)(H2,20,25,26). The molecular weight excluding hydrogens is 502 g/mol. The van der Waals surface area contributed by atoms with Gasteiger partial charge in [0.05, 0.1) is 16.1 Å². The molecule has 0 radical (unpaired) electrons. The zero-order valence-electron chi connectivity index (χ0n) is 14.3. The molecule has 2 rings (SSSR count). The highest BCUT2D eigenvalue weighted by Crippen LogP contribution is 2.31. The third-order valence-electron chi connectivity index (χ3n) is 3.48. The highest BCUT2D eigenvalue weighted by Gasteiger charge is 2.18. The molecule has 2 amide bonds. The first-order valence-electron chi connectivity index (χ1n) is 7.85. The van der Waals surface area contributed by atoms with Crippen LogP contribution in [-0.4, -0.2) is 20.2 Å². The lowest BCUT2D eigenvalue weighted by Crippen LogP contribution is -2.18. The Hall–Kier alpha value is -1.75. The van der Waals surface area contributed by atoms with E-state index in [9.17, 15) is 18.0 Å². The molecule has 0 aliphatic rings. The minimum absolute atomic E-state index is 0.0572. The number of hydrogen-bond acceptors (Lipinski definition) is 4. The first-order chi connectivity index (χ1) is 12.6. The lowest BCUT2D eigenvalue weighted by Gasteiger charge is -2.14. The Balaban J connectivity index is 2.31. The van der Waals surface area contributed by atoms with E-state index in [0.717, 1.165) is 0 Å². The normalized spacial score (nSPS) is 11.1. The van der Waals surface area contributed by atoms with E-state index >= 15 is 0 Å². The Labute approximate surface area is 174 Å². The number of sulfonamides is 1. The maximum atomic E-state index is 12.7. The summed E-state index contributed by atoms with van der Waals surface area (Å²) in [5.41, 5.74) is 0.987. The molecule has 0 spiro atoms. The van der Waals surface area contributed by atoms with Crippen molar-refractivity contribution in [3.63, 3.8) is 0 Å². The van der Waals surface area contributed by atoms with Gasteiger partial charge in [0.15, 0.2) is 0 Å². The van der Waals surface area contributed by atoms with Gasteiger partial charge in [-0.1, -0.05) is 22.9 Å². The van der Waals surface area contributed by atoms with Gasteiger partial charge in [0, 0.05) is 21.1 Å². The molecule has 0 unspecified atom stereocenters. The average Bonchev–Trinajstić information content (AvgIpc) is 2.57. The van der Waals surface area contributed by atoms with E-state index in [0.29, 0.717) is 33.2 Å². The van der Waals surface area contributed by atoms with E-state index in [1.54, 1.807) is 12.1 Å². The van der Waals surface area contributed by atoms with Crippen LogP contribution in [0.4, 0.5) is 11.4 Å². The first kappa shape index (κ1) is 21.5. The summed E-state index contributed by atoms with van der Waals surface area (Å²) in [6, 6.07) is 8.76. The van der Waals surface area contributed by atoms with E-state index in [4.69, 9.17) is 5.14 Å². The number of carbonyl (C=O) groups excluding carboxylic acids is 2. The van der Waals surface area contributed by atoms with Crippen LogP contribution in [0.5, 0.6) is 0 Å². The number of hydrogen-bond donors (Lipinski definition) is 3. The van der Waals surface area contributed by atoms with Crippen molar-refractivity contribution in [2.75, 3.05) is 10.6 Å². The number of nitrogens with one attached hydrogen (secondary N) is 2. The highest BCUT2D eigenvalue weighted by atomic mass is 79.9. The van der Waals surface area contributed by atoms with Crippen molar-refractivity contribution in [3.8, 4) is 0 Å². The molecule has 0 saturated heterocycles. The van der Waals surface area contributed by atoms with E-state index in [1.807, 2.05) is 6.92 Å². The number of halogens is 2. The van der Waals surface area contributed by atoms with Gasteiger partial charge in [0.25, 0.3) is 5.91 Å². The maximum absolute atomic E-state index is 12.7. The Morgan fingerprint density at radius 3 is 2.26 bits per heavy atom. The Morgan fingerprint density at radius 2 is 1.70 bits per heavy atom. The van der Waals surface area contributed by atoms with Crippen LogP contribution in [0.2, 0.25) is 0 Å². The lowest BCUT2D eigenvalue weighted by molar-refractivity contribution is -0.116. The summed E-state index contributed by atoms with van der Waals surface area (Å²) in [6.45, 7) is 1.88. The van der Waals surface area contributed by atoms with Crippen LogP contribution in [0.3, 0.4) is 0 Å². The molecule has 2 aromatic rings. The second-order valence-corrected chi connectivity index (χ2v) is 8.96. The second-order valence-electron chi connectivity index (χ2n) is 5.63. The van der Waals surface area contributed by atoms with Gasteiger partial charge in [-0.3, -0.25) is 9.59 Å². The smallest absolute Gasteiger partial charge is 0.257 e. The fraction of sp³-hybridized carbons (Fsp3) is 0.176. The average molecular weight is 519 g/mol. The van der Waals surface area contributed by atoms with Gasteiger partial charge < -0.3 is 10.6 Å². The van der Waals surface area contributed by atoms with Gasteiger partial charge in [-0.2, -0.15) is 0 Å². The van der Waals surface area contributed by atoms with E-state index in [2.05, 4.69) is 42.5 Å². The fourth-order valence-corrected chi connectivity index (χ4v) is 4.07. The molecule has 0 heterocycles. The molecule has 4 N–H and O–H groups in total. The second kappa shape index (κ2) is 8.96. The van der Waals surface area contributed by atoms with Crippen LogP contribution in [-0.2, 0) is 14.8 Å². The highest BCUT2D eigenvalue weighted by molar-refractivity contribution is 9.11. The number of anilines is 2. The minimum Gasteiger partial charge on any atom is -0.324 e. The van der Waals surface area contributed by atoms with Crippen molar-refractivity contribution in [1.29, 1.82) is 0 Å². The molecule has 2 aromatic carbocycles. The quantitative estimate of drug-likeness (QED) is 0.538. The molecule has 10 heteroatoms. The maximum Gasteiger partial charge on any atom is 0.257 e. The van der Waals surface area contributed by atoms with Crippen molar-refractivity contribution in [1.82, 2.24) is 0 Å². The number of amides is 2. The van der Waals surface area contributed by atoms with Crippen LogP contribution in [0, 0.1) is 0 Å². The van der Waals surface area contributed by atoms with Gasteiger partial charge in [-0.05, 0) is 58.7 Å². The summed E-state index contributed by atoms with van der Waals surface area (Å²) in [6.07, 6.45) is 1.01. The number of benzene rings is 2.